The molecule has 1 N–H and O–H groups in total. The molecular formula is C15H24N2O. The Morgan fingerprint density at radius 2 is 2.28 bits per heavy atom. The summed E-state index contributed by atoms with van der Waals surface area (Å²) in [6, 6.07) is 4.90. The molecule has 1 aliphatic heterocycles. The van der Waals surface area contributed by atoms with Gasteiger partial charge in [0, 0.05) is 30.8 Å². The predicted octanol–water partition coefficient (Wildman–Crippen LogP) is 2.65. The fourth-order valence-electron chi connectivity index (χ4n) is 2.35. The highest BCUT2D eigenvalue weighted by atomic mass is 16.5. The number of rotatable bonds is 5. The summed E-state index contributed by atoms with van der Waals surface area (Å²) in [6.07, 6.45) is 2.12. The molecule has 1 unspecified atom stereocenters. The van der Waals surface area contributed by atoms with E-state index in [1.54, 1.807) is 0 Å². The maximum atomic E-state index is 5.50. The van der Waals surface area contributed by atoms with Gasteiger partial charge in [0.1, 0.15) is 0 Å². The third-order valence-electron chi connectivity index (χ3n) is 3.48. The largest absolute Gasteiger partial charge is 0.381 e. The van der Waals surface area contributed by atoms with Crippen LogP contribution in [0.25, 0.3) is 0 Å². The lowest BCUT2D eigenvalue weighted by Gasteiger charge is -2.16. The fraction of sp³-hybridized carbons (Fsp3) is 0.667. The molecule has 0 bridgehead atoms. The molecule has 1 aliphatic rings. The topological polar surface area (TPSA) is 34.1 Å². The third-order valence-corrected chi connectivity index (χ3v) is 3.48. The number of aromatic nitrogens is 1. The predicted molar refractivity (Wildman–Crippen MR) is 73.8 cm³/mol. The second kappa shape index (κ2) is 6.30. The van der Waals surface area contributed by atoms with Crippen LogP contribution in [0, 0.1) is 0 Å². The average molecular weight is 248 g/mol. The first-order valence-corrected chi connectivity index (χ1v) is 7.00. The van der Waals surface area contributed by atoms with Gasteiger partial charge in [0.2, 0.25) is 0 Å². The summed E-state index contributed by atoms with van der Waals surface area (Å²) >= 11 is 0. The second-order valence-electron chi connectivity index (χ2n) is 5.29. The molecule has 1 atom stereocenters. The van der Waals surface area contributed by atoms with Crippen LogP contribution in [0.4, 0.5) is 0 Å². The molecule has 1 saturated heterocycles. The van der Waals surface area contributed by atoms with E-state index in [0.717, 1.165) is 32.6 Å². The molecule has 18 heavy (non-hydrogen) atoms. The Bertz CT molecular complexity index is 384. The van der Waals surface area contributed by atoms with E-state index < -0.39 is 0 Å². The lowest BCUT2D eigenvalue weighted by Crippen LogP contribution is -2.24. The lowest BCUT2D eigenvalue weighted by molar-refractivity contribution is 0.193. The van der Waals surface area contributed by atoms with E-state index in [-0.39, 0.29) is 0 Å². The Kier molecular flexibility index (Phi) is 4.72. The van der Waals surface area contributed by atoms with Crippen molar-refractivity contribution in [2.24, 2.45) is 0 Å². The van der Waals surface area contributed by atoms with Crippen LogP contribution >= 0.6 is 0 Å². The number of pyridine rings is 1. The fourth-order valence-corrected chi connectivity index (χ4v) is 2.35. The summed E-state index contributed by atoms with van der Waals surface area (Å²) in [5.41, 5.74) is 3.76. The van der Waals surface area contributed by atoms with Crippen LogP contribution in [0.1, 0.15) is 50.1 Å². The van der Waals surface area contributed by atoms with Gasteiger partial charge in [-0.3, -0.25) is 4.98 Å². The number of hydrogen-bond donors (Lipinski definition) is 1. The van der Waals surface area contributed by atoms with Crippen LogP contribution in [0.5, 0.6) is 0 Å². The van der Waals surface area contributed by atoms with Gasteiger partial charge in [0.05, 0.1) is 12.3 Å². The van der Waals surface area contributed by atoms with Crippen LogP contribution in [0.15, 0.2) is 12.1 Å². The zero-order chi connectivity index (χ0) is 13.0. The molecule has 2 heterocycles. The van der Waals surface area contributed by atoms with Crippen LogP contribution in [0.2, 0.25) is 0 Å². The molecule has 2 rings (SSSR count). The molecular weight excluding hydrogens is 224 g/mol. The molecule has 1 fully saturated rings. The summed E-state index contributed by atoms with van der Waals surface area (Å²) in [6.45, 7) is 9.08. The van der Waals surface area contributed by atoms with E-state index in [4.69, 9.17) is 9.72 Å². The smallest absolute Gasteiger partial charge is 0.0580 e. The maximum Gasteiger partial charge on any atom is 0.0580 e. The molecule has 0 aromatic carbocycles. The van der Waals surface area contributed by atoms with Crippen molar-refractivity contribution < 1.29 is 4.74 Å². The van der Waals surface area contributed by atoms with Gasteiger partial charge in [0.15, 0.2) is 0 Å². The van der Waals surface area contributed by atoms with Crippen LogP contribution < -0.4 is 5.32 Å². The normalized spacial score (nSPS) is 19.7. The Labute approximate surface area is 110 Å². The van der Waals surface area contributed by atoms with Crippen molar-refractivity contribution in [1.82, 2.24) is 10.3 Å². The molecule has 0 aliphatic carbocycles. The van der Waals surface area contributed by atoms with E-state index in [1.807, 2.05) is 0 Å². The van der Waals surface area contributed by atoms with Gasteiger partial charge in [-0.25, -0.2) is 0 Å². The molecule has 0 amide bonds. The molecule has 1 aromatic heterocycles. The zero-order valence-electron chi connectivity index (χ0n) is 11.7. The van der Waals surface area contributed by atoms with Crippen molar-refractivity contribution in [2.45, 2.75) is 52.1 Å². The van der Waals surface area contributed by atoms with Gasteiger partial charge >= 0.3 is 0 Å². The van der Waals surface area contributed by atoms with Gasteiger partial charge in [-0.1, -0.05) is 26.8 Å². The number of hydrogen-bond acceptors (Lipinski definition) is 3. The van der Waals surface area contributed by atoms with Gasteiger partial charge in [-0.05, 0) is 24.5 Å². The zero-order valence-corrected chi connectivity index (χ0v) is 11.7. The van der Waals surface area contributed by atoms with Gasteiger partial charge in [0.25, 0.3) is 0 Å². The molecule has 0 radical (unpaired) electrons. The van der Waals surface area contributed by atoms with Crippen molar-refractivity contribution in [1.29, 1.82) is 0 Å². The Morgan fingerprint density at radius 1 is 1.44 bits per heavy atom. The third kappa shape index (κ3) is 3.30. The summed E-state index contributed by atoms with van der Waals surface area (Å²) in [5.74, 6) is 0.535. The molecule has 100 valence electrons. The Hall–Kier alpha value is -0.930. The second-order valence-corrected chi connectivity index (χ2v) is 5.29. The van der Waals surface area contributed by atoms with Gasteiger partial charge in [-0.15, -0.1) is 0 Å². The van der Waals surface area contributed by atoms with E-state index in [1.165, 1.54) is 17.0 Å². The van der Waals surface area contributed by atoms with E-state index in [2.05, 4.69) is 38.2 Å². The summed E-state index contributed by atoms with van der Waals surface area (Å²) in [5, 5.41) is 3.47. The highest BCUT2D eigenvalue weighted by Crippen LogP contribution is 2.27. The first-order valence-electron chi connectivity index (χ1n) is 7.00. The Morgan fingerprint density at radius 3 is 2.89 bits per heavy atom. The number of nitrogens with zero attached hydrogens (tertiary/aromatic N) is 1. The van der Waals surface area contributed by atoms with E-state index in [0.29, 0.717) is 12.0 Å². The minimum Gasteiger partial charge on any atom is -0.381 e. The lowest BCUT2D eigenvalue weighted by atomic mass is 9.96. The van der Waals surface area contributed by atoms with Crippen molar-refractivity contribution in [2.75, 3.05) is 13.2 Å². The van der Waals surface area contributed by atoms with Crippen LogP contribution in [-0.2, 0) is 17.7 Å². The minimum atomic E-state index is 0.491. The number of aryl methyl sites for hydroxylation is 1. The van der Waals surface area contributed by atoms with Crippen LogP contribution in [0.3, 0.4) is 0 Å². The first-order chi connectivity index (χ1) is 8.70. The summed E-state index contributed by atoms with van der Waals surface area (Å²) in [7, 11) is 0. The molecule has 0 saturated carbocycles. The van der Waals surface area contributed by atoms with Crippen molar-refractivity contribution in [3.05, 3.63) is 29.1 Å². The monoisotopic (exact) mass is 248 g/mol. The highest BCUT2D eigenvalue weighted by molar-refractivity contribution is 5.27. The Balaban J connectivity index is 2.20. The maximum absolute atomic E-state index is 5.50. The highest BCUT2D eigenvalue weighted by Gasteiger charge is 2.21. The summed E-state index contributed by atoms with van der Waals surface area (Å²) in [4.78, 5) is 4.79. The average Bonchev–Trinajstić information content (AvgIpc) is 2.89. The van der Waals surface area contributed by atoms with E-state index in [9.17, 15) is 0 Å². The van der Waals surface area contributed by atoms with Crippen molar-refractivity contribution in [3.63, 3.8) is 0 Å². The molecule has 1 aromatic rings. The summed E-state index contributed by atoms with van der Waals surface area (Å²) < 4.78 is 5.50. The van der Waals surface area contributed by atoms with Crippen molar-refractivity contribution in [3.8, 4) is 0 Å². The van der Waals surface area contributed by atoms with Crippen LogP contribution in [-0.4, -0.2) is 24.2 Å². The van der Waals surface area contributed by atoms with Gasteiger partial charge in [-0.2, -0.15) is 0 Å². The number of ether oxygens (including phenoxy) is 1. The molecule has 3 heteroatoms. The molecule has 3 nitrogen and oxygen atoms in total. The molecule has 0 spiro atoms. The number of nitrogens with one attached hydrogen (secondary N) is 1. The van der Waals surface area contributed by atoms with Crippen molar-refractivity contribution >= 4 is 0 Å². The quantitative estimate of drug-likeness (QED) is 0.870. The first kappa shape index (κ1) is 13.5. The minimum absolute atomic E-state index is 0.491. The SMILES string of the molecule is CCc1ccc(C2CCOC2)c(CNC(C)C)n1. The van der Waals surface area contributed by atoms with E-state index >= 15 is 0 Å². The standard InChI is InChI=1S/C15H24N2O/c1-4-13-5-6-14(12-7-8-18-10-12)15(17-13)9-16-11(2)3/h5-6,11-12,16H,4,7-10H2,1-3H3. The van der Waals surface area contributed by atoms with Gasteiger partial charge < -0.3 is 10.1 Å².